The summed E-state index contributed by atoms with van der Waals surface area (Å²) in [6.45, 7) is 5.37. The Kier molecular flexibility index (Phi) is 4.29. The minimum atomic E-state index is 0.0595. The van der Waals surface area contributed by atoms with E-state index in [0.717, 1.165) is 41.1 Å². The predicted molar refractivity (Wildman–Crippen MR) is 103 cm³/mol. The number of nitrogens with one attached hydrogen (secondary N) is 1. The van der Waals surface area contributed by atoms with Gasteiger partial charge in [-0.25, -0.2) is 9.97 Å². The lowest BCUT2D eigenvalue weighted by molar-refractivity contribution is 0.0792. The Morgan fingerprint density at radius 3 is 2.54 bits per heavy atom. The predicted octanol–water partition coefficient (Wildman–Crippen LogP) is 3.57. The topological polar surface area (TPSA) is 58.1 Å². The van der Waals surface area contributed by atoms with Crippen LogP contribution in [0.4, 0.5) is 5.69 Å². The summed E-state index contributed by atoms with van der Waals surface area (Å²) in [5.74, 6) is 0.0595. The van der Waals surface area contributed by atoms with Crippen molar-refractivity contribution in [2.24, 2.45) is 0 Å². The molecule has 5 nitrogen and oxygen atoms in total. The van der Waals surface area contributed by atoms with Crippen LogP contribution in [-0.4, -0.2) is 39.9 Å². The summed E-state index contributed by atoms with van der Waals surface area (Å²) < 4.78 is 0. The molecule has 4 rings (SSSR count). The van der Waals surface area contributed by atoms with Gasteiger partial charge in [-0.15, -0.1) is 0 Å². The lowest BCUT2D eigenvalue weighted by Gasteiger charge is -2.18. The molecule has 1 saturated heterocycles. The summed E-state index contributed by atoms with van der Waals surface area (Å²) in [5.41, 5.74) is 5.20. The van der Waals surface area contributed by atoms with Crippen LogP contribution in [-0.2, 0) is 0 Å². The fourth-order valence-electron chi connectivity index (χ4n) is 3.38. The summed E-state index contributed by atoms with van der Waals surface area (Å²) in [6.07, 6.45) is 0.951. The zero-order valence-corrected chi connectivity index (χ0v) is 15.1. The number of likely N-dealkylation sites (tertiary alicyclic amines) is 1. The molecular weight excluding hydrogens is 324 g/mol. The van der Waals surface area contributed by atoms with E-state index >= 15 is 0 Å². The number of aromatic nitrogens is 2. The summed E-state index contributed by atoms with van der Waals surface area (Å²) in [6, 6.07) is 16.0. The Morgan fingerprint density at radius 2 is 1.77 bits per heavy atom. The van der Waals surface area contributed by atoms with Gasteiger partial charge in [0.1, 0.15) is 0 Å². The normalized spacial score (nSPS) is 16.8. The average molecular weight is 346 g/mol. The second-order valence-electron chi connectivity index (χ2n) is 6.85. The fraction of sp³-hybridized carbons (Fsp3) is 0.286. The summed E-state index contributed by atoms with van der Waals surface area (Å²) in [4.78, 5) is 23.9. The van der Waals surface area contributed by atoms with E-state index in [1.807, 2.05) is 55.1 Å². The number of rotatable bonds is 3. The van der Waals surface area contributed by atoms with Crippen LogP contribution in [0.25, 0.3) is 11.0 Å². The lowest BCUT2D eigenvalue weighted by atomic mass is 10.1. The number of amides is 1. The Labute approximate surface area is 153 Å². The maximum absolute atomic E-state index is 12.9. The molecule has 26 heavy (non-hydrogen) atoms. The Balaban J connectivity index is 1.49. The van der Waals surface area contributed by atoms with Crippen molar-refractivity contribution in [1.82, 2.24) is 14.9 Å². The van der Waals surface area contributed by atoms with Gasteiger partial charge in [0.25, 0.3) is 5.91 Å². The third-order valence-electron chi connectivity index (χ3n) is 4.94. The second kappa shape index (κ2) is 6.75. The Bertz CT molecular complexity index is 955. The zero-order valence-electron chi connectivity index (χ0n) is 15.1. The highest BCUT2D eigenvalue weighted by molar-refractivity contribution is 5.97. The zero-order chi connectivity index (χ0) is 18.1. The number of para-hydroxylation sites is 1. The number of carbonyl (C=O) groups is 1. The number of aryl methyl sites for hydroxylation is 2. The third-order valence-corrected chi connectivity index (χ3v) is 4.94. The molecule has 1 aliphatic rings. The molecule has 3 aromatic rings. The van der Waals surface area contributed by atoms with E-state index in [1.54, 1.807) is 0 Å². The van der Waals surface area contributed by atoms with Gasteiger partial charge in [-0.1, -0.05) is 18.2 Å². The minimum absolute atomic E-state index is 0.0595. The number of carbonyl (C=O) groups excluding carboxylic acids is 1. The largest absolute Gasteiger partial charge is 0.380 e. The van der Waals surface area contributed by atoms with Gasteiger partial charge in [-0.05, 0) is 50.6 Å². The van der Waals surface area contributed by atoms with E-state index in [-0.39, 0.29) is 11.9 Å². The van der Waals surface area contributed by atoms with Crippen molar-refractivity contribution in [3.8, 4) is 0 Å². The highest BCUT2D eigenvalue weighted by Gasteiger charge is 2.27. The smallest absolute Gasteiger partial charge is 0.254 e. The number of benzene rings is 2. The molecule has 1 N–H and O–H groups in total. The van der Waals surface area contributed by atoms with Crippen LogP contribution in [0, 0.1) is 13.8 Å². The van der Waals surface area contributed by atoms with Crippen molar-refractivity contribution in [2.75, 3.05) is 18.4 Å². The molecule has 1 fully saturated rings. The van der Waals surface area contributed by atoms with Crippen molar-refractivity contribution in [3.63, 3.8) is 0 Å². The van der Waals surface area contributed by atoms with Crippen molar-refractivity contribution < 1.29 is 4.79 Å². The van der Waals surface area contributed by atoms with Crippen LogP contribution in [0.15, 0.2) is 48.5 Å². The van der Waals surface area contributed by atoms with Crippen molar-refractivity contribution >= 4 is 22.6 Å². The van der Waals surface area contributed by atoms with Gasteiger partial charge in [0.2, 0.25) is 0 Å². The van der Waals surface area contributed by atoms with Gasteiger partial charge in [0.15, 0.2) is 0 Å². The first-order chi connectivity index (χ1) is 12.6. The molecule has 0 saturated carbocycles. The van der Waals surface area contributed by atoms with Gasteiger partial charge in [0.05, 0.1) is 22.4 Å². The summed E-state index contributed by atoms with van der Waals surface area (Å²) in [5, 5.41) is 3.50. The molecule has 1 amide bonds. The highest BCUT2D eigenvalue weighted by atomic mass is 16.2. The van der Waals surface area contributed by atoms with Gasteiger partial charge in [-0.3, -0.25) is 4.79 Å². The van der Waals surface area contributed by atoms with Crippen LogP contribution in [0.3, 0.4) is 0 Å². The quantitative estimate of drug-likeness (QED) is 0.788. The van der Waals surface area contributed by atoms with Crippen LogP contribution in [0.5, 0.6) is 0 Å². The number of hydrogen-bond donors (Lipinski definition) is 1. The third kappa shape index (κ3) is 3.25. The van der Waals surface area contributed by atoms with Crippen molar-refractivity contribution in [3.05, 3.63) is 65.5 Å². The first-order valence-electron chi connectivity index (χ1n) is 8.96. The number of anilines is 1. The Morgan fingerprint density at radius 1 is 1.04 bits per heavy atom. The molecule has 0 bridgehead atoms. The number of nitrogens with zero attached hydrogens (tertiary/aromatic N) is 3. The monoisotopic (exact) mass is 346 g/mol. The van der Waals surface area contributed by atoms with E-state index in [0.29, 0.717) is 12.1 Å². The molecule has 1 aliphatic heterocycles. The number of hydrogen-bond acceptors (Lipinski definition) is 4. The molecule has 0 radical (unpaired) electrons. The SMILES string of the molecule is Cc1nc2ccc(C(=O)N3CC[C@H](Nc4ccccc4)C3)cc2nc1C. The van der Waals surface area contributed by atoms with E-state index in [9.17, 15) is 4.79 Å². The minimum Gasteiger partial charge on any atom is -0.380 e. The molecule has 2 aromatic carbocycles. The molecular formula is C21H22N4O. The van der Waals surface area contributed by atoms with Gasteiger partial charge >= 0.3 is 0 Å². The standard InChI is InChI=1S/C21H22N4O/c1-14-15(2)23-20-12-16(8-9-19(20)22-14)21(26)25-11-10-18(13-25)24-17-6-4-3-5-7-17/h3-9,12,18,24H,10-11,13H2,1-2H3/t18-/m0/s1. The van der Waals surface area contributed by atoms with Gasteiger partial charge in [-0.2, -0.15) is 0 Å². The molecule has 2 heterocycles. The molecule has 0 unspecified atom stereocenters. The first-order valence-corrected chi connectivity index (χ1v) is 8.96. The highest BCUT2D eigenvalue weighted by Crippen LogP contribution is 2.20. The number of fused-ring (bicyclic) bond motifs is 1. The molecule has 0 aliphatic carbocycles. The van der Waals surface area contributed by atoms with Crippen molar-refractivity contribution in [1.29, 1.82) is 0 Å². The molecule has 0 spiro atoms. The molecule has 5 heteroatoms. The van der Waals surface area contributed by atoms with E-state index in [2.05, 4.69) is 27.4 Å². The van der Waals surface area contributed by atoms with Crippen LogP contribution in [0.2, 0.25) is 0 Å². The van der Waals surface area contributed by atoms with Gasteiger partial charge in [0, 0.05) is 30.4 Å². The van der Waals surface area contributed by atoms with Crippen molar-refractivity contribution in [2.45, 2.75) is 26.3 Å². The molecule has 1 aromatic heterocycles. The van der Waals surface area contributed by atoms with Gasteiger partial charge < -0.3 is 10.2 Å². The summed E-state index contributed by atoms with van der Waals surface area (Å²) in [7, 11) is 0. The summed E-state index contributed by atoms with van der Waals surface area (Å²) >= 11 is 0. The maximum atomic E-state index is 12.9. The van der Waals surface area contributed by atoms with E-state index < -0.39 is 0 Å². The van der Waals surface area contributed by atoms with E-state index in [1.165, 1.54) is 0 Å². The Hall–Kier alpha value is -2.95. The molecule has 132 valence electrons. The van der Waals surface area contributed by atoms with Crippen LogP contribution < -0.4 is 5.32 Å². The lowest BCUT2D eigenvalue weighted by Crippen LogP contribution is -2.31. The maximum Gasteiger partial charge on any atom is 0.254 e. The van der Waals surface area contributed by atoms with Crippen LogP contribution >= 0.6 is 0 Å². The first kappa shape index (κ1) is 16.5. The van der Waals surface area contributed by atoms with E-state index in [4.69, 9.17) is 0 Å². The second-order valence-corrected chi connectivity index (χ2v) is 6.85. The van der Waals surface area contributed by atoms with Crippen LogP contribution in [0.1, 0.15) is 28.2 Å². The molecule has 1 atom stereocenters. The fourth-order valence-corrected chi connectivity index (χ4v) is 3.38. The average Bonchev–Trinajstić information content (AvgIpc) is 3.11.